The number of hydrogen-bond donors (Lipinski definition) is 2. The van der Waals surface area contributed by atoms with Gasteiger partial charge in [0.25, 0.3) is 0 Å². The zero-order chi connectivity index (χ0) is 17.6. The molecule has 0 aliphatic carbocycles. The molecule has 1 aromatic rings. The van der Waals surface area contributed by atoms with Crippen molar-refractivity contribution in [2.45, 2.75) is 40.0 Å². The topological polar surface area (TPSA) is 75.6 Å². The van der Waals surface area contributed by atoms with Crippen LogP contribution in [-0.2, 0) is 15.0 Å². The van der Waals surface area contributed by atoms with Crippen LogP contribution in [0.4, 0.5) is 0 Å². The van der Waals surface area contributed by atoms with Gasteiger partial charge in [-0.1, -0.05) is 32.9 Å². The molecule has 0 radical (unpaired) electrons. The molecule has 0 aromatic heterocycles. The van der Waals surface area contributed by atoms with E-state index in [2.05, 4.69) is 19.2 Å². The maximum Gasteiger partial charge on any atom is 0.308 e. The Morgan fingerprint density at radius 3 is 2.22 bits per heavy atom. The van der Waals surface area contributed by atoms with Gasteiger partial charge in [0.15, 0.2) is 0 Å². The molecule has 1 aromatic carbocycles. The minimum absolute atomic E-state index is 0.118. The van der Waals surface area contributed by atoms with E-state index in [1.807, 2.05) is 38.1 Å². The number of ether oxygens (including phenoxy) is 1. The van der Waals surface area contributed by atoms with Crippen molar-refractivity contribution in [2.75, 3.05) is 13.2 Å². The minimum Gasteiger partial charge on any atom is -0.493 e. The van der Waals surface area contributed by atoms with Gasteiger partial charge >= 0.3 is 5.97 Å². The molecule has 0 aliphatic rings. The Bertz CT molecular complexity index is 534. The first-order valence-corrected chi connectivity index (χ1v) is 7.89. The lowest BCUT2D eigenvalue weighted by Gasteiger charge is -2.25. The van der Waals surface area contributed by atoms with Gasteiger partial charge in [-0.3, -0.25) is 9.59 Å². The van der Waals surface area contributed by atoms with Crippen LogP contribution in [0.15, 0.2) is 24.3 Å². The molecule has 0 fully saturated rings. The van der Waals surface area contributed by atoms with Gasteiger partial charge in [-0.25, -0.2) is 0 Å². The first-order chi connectivity index (χ1) is 10.6. The van der Waals surface area contributed by atoms with Crippen LogP contribution in [0.3, 0.4) is 0 Å². The molecule has 0 heterocycles. The summed E-state index contributed by atoms with van der Waals surface area (Å²) in [4.78, 5) is 23.2. The van der Waals surface area contributed by atoms with Gasteiger partial charge in [-0.05, 0) is 37.5 Å². The van der Waals surface area contributed by atoms with Crippen molar-refractivity contribution in [3.8, 4) is 5.75 Å². The van der Waals surface area contributed by atoms with E-state index in [1.165, 1.54) is 0 Å². The number of rotatable bonds is 8. The first kappa shape index (κ1) is 19.0. The largest absolute Gasteiger partial charge is 0.493 e. The molecule has 1 atom stereocenters. The number of carboxylic acid groups (broad SMARTS) is 1. The lowest BCUT2D eigenvalue weighted by atomic mass is 9.83. The van der Waals surface area contributed by atoms with Gasteiger partial charge in [0.05, 0.1) is 17.9 Å². The Labute approximate surface area is 138 Å². The highest BCUT2D eigenvalue weighted by Gasteiger charge is 2.30. The fourth-order valence-electron chi connectivity index (χ4n) is 1.92. The maximum absolute atomic E-state index is 12.4. The Morgan fingerprint density at radius 2 is 1.74 bits per heavy atom. The van der Waals surface area contributed by atoms with Crippen LogP contribution < -0.4 is 10.1 Å². The second kappa shape index (κ2) is 7.99. The highest BCUT2D eigenvalue weighted by molar-refractivity contribution is 5.87. The third-order valence-corrected chi connectivity index (χ3v) is 3.72. The van der Waals surface area contributed by atoms with Crippen molar-refractivity contribution in [2.24, 2.45) is 11.8 Å². The molecule has 0 bridgehead atoms. The number of nitrogens with one attached hydrogen (secondary N) is 1. The van der Waals surface area contributed by atoms with Crippen molar-refractivity contribution in [3.05, 3.63) is 29.8 Å². The molecule has 5 heteroatoms. The zero-order valence-corrected chi connectivity index (χ0v) is 14.6. The molecule has 0 spiro atoms. The lowest BCUT2D eigenvalue weighted by molar-refractivity contribution is -0.141. The Hall–Kier alpha value is -2.04. The van der Waals surface area contributed by atoms with Crippen LogP contribution >= 0.6 is 0 Å². The summed E-state index contributed by atoms with van der Waals surface area (Å²) in [6.07, 6.45) is 0. The molecule has 23 heavy (non-hydrogen) atoms. The zero-order valence-electron chi connectivity index (χ0n) is 14.6. The number of benzene rings is 1. The average molecular weight is 321 g/mol. The molecule has 1 amide bonds. The highest BCUT2D eigenvalue weighted by Crippen LogP contribution is 2.25. The Morgan fingerprint density at radius 1 is 1.17 bits per heavy atom. The molecular weight excluding hydrogens is 294 g/mol. The number of carbonyl (C=O) groups is 2. The van der Waals surface area contributed by atoms with Crippen LogP contribution in [0.25, 0.3) is 0 Å². The number of aliphatic carboxylic acids is 1. The van der Waals surface area contributed by atoms with Gasteiger partial charge < -0.3 is 15.2 Å². The summed E-state index contributed by atoms with van der Waals surface area (Å²) < 4.78 is 5.64. The third kappa shape index (κ3) is 5.58. The van der Waals surface area contributed by atoms with Crippen molar-refractivity contribution in [1.29, 1.82) is 0 Å². The second-order valence-electron chi connectivity index (χ2n) is 6.80. The molecule has 0 saturated carbocycles. The summed E-state index contributed by atoms with van der Waals surface area (Å²) >= 11 is 0. The van der Waals surface area contributed by atoms with Crippen LogP contribution in [-0.4, -0.2) is 30.1 Å². The summed E-state index contributed by atoms with van der Waals surface area (Å²) in [7, 11) is 0. The third-order valence-electron chi connectivity index (χ3n) is 3.72. The summed E-state index contributed by atoms with van der Waals surface area (Å²) in [6.45, 7) is 10.1. The summed E-state index contributed by atoms with van der Waals surface area (Å²) in [5.41, 5.74) is 0.115. The molecule has 2 N–H and O–H groups in total. The molecule has 128 valence electrons. The van der Waals surface area contributed by atoms with Crippen molar-refractivity contribution < 1.29 is 19.4 Å². The highest BCUT2D eigenvalue weighted by atomic mass is 16.5. The fraction of sp³-hybridized carbons (Fsp3) is 0.556. The predicted octanol–water partition coefficient (Wildman–Crippen LogP) is 2.84. The van der Waals surface area contributed by atoms with E-state index >= 15 is 0 Å². The number of carbonyl (C=O) groups excluding carboxylic acids is 1. The van der Waals surface area contributed by atoms with E-state index in [4.69, 9.17) is 9.84 Å². The summed E-state index contributed by atoms with van der Waals surface area (Å²) in [6, 6.07) is 7.45. The van der Waals surface area contributed by atoms with Gasteiger partial charge in [0.1, 0.15) is 5.75 Å². The van der Waals surface area contributed by atoms with Gasteiger partial charge in [0.2, 0.25) is 5.91 Å². The molecule has 1 unspecified atom stereocenters. The average Bonchev–Trinajstić information content (AvgIpc) is 2.50. The fourth-order valence-corrected chi connectivity index (χ4v) is 1.92. The van der Waals surface area contributed by atoms with Crippen LogP contribution in [0.2, 0.25) is 0 Å². The van der Waals surface area contributed by atoms with E-state index in [0.29, 0.717) is 12.5 Å². The molecule has 1 rings (SSSR count). The van der Waals surface area contributed by atoms with Crippen LogP contribution in [0, 0.1) is 11.8 Å². The van der Waals surface area contributed by atoms with Crippen molar-refractivity contribution in [3.63, 3.8) is 0 Å². The molecule has 0 saturated heterocycles. The van der Waals surface area contributed by atoms with E-state index in [-0.39, 0.29) is 12.5 Å². The molecular formula is C18H27NO4. The van der Waals surface area contributed by atoms with Crippen molar-refractivity contribution in [1.82, 2.24) is 5.32 Å². The van der Waals surface area contributed by atoms with E-state index in [0.717, 1.165) is 11.3 Å². The smallest absolute Gasteiger partial charge is 0.308 e. The monoisotopic (exact) mass is 321 g/mol. The number of hydrogen-bond acceptors (Lipinski definition) is 3. The summed E-state index contributed by atoms with van der Waals surface area (Å²) in [5, 5.41) is 11.6. The second-order valence-corrected chi connectivity index (χ2v) is 6.80. The lowest BCUT2D eigenvalue weighted by Crippen LogP contribution is -2.42. The Balaban J connectivity index is 2.71. The Kier molecular flexibility index (Phi) is 6.61. The molecule has 0 aliphatic heterocycles. The summed E-state index contributed by atoms with van der Waals surface area (Å²) in [5.74, 6) is -0.496. The minimum atomic E-state index is -0.922. The SMILES string of the molecule is CC(C)COc1ccc(C(C)(C)C(=O)NCC(C)C(=O)O)cc1. The van der Waals surface area contributed by atoms with E-state index in [1.54, 1.807) is 6.92 Å². The van der Waals surface area contributed by atoms with E-state index in [9.17, 15) is 9.59 Å². The number of carboxylic acids is 1. The van der Waals surface area contributed by atoms with E-state index < -0.39 is 17.3 Å². The van der Waals surface area contributed by atoms with Gasteiger partial charge in [0, 0.05) is 6.54 Å². The van der Waals surface area contributed by atoms with Gasteiger partial charge in [-0.15, -0.1) is 0 Å². The molecule has 5 nitrogen and oxygen atoms in total. The van der Waals surface area contributed by atoms with Crippen molar-refractivity contribution >= 4 is 11.9 Å². The first-order valence-electron chi connectivity index (χ1n) is 7.89. The maximum atomic E-state index is 12.4. The standard InChI is InChI=1S/C18H27NO4/c1-12(2)11-23-15-8-6-14(7-9-15)18(4,5)17(22)19-10-13(3)16(20)21/h6-9,12-13H,10-11H2,1-5H3,(H,19,22)(H,20,21). The normalized spacial score (nSPS) is 12.8. The van der Waals surface area contributed by atoms with Crippen LogP contribution in [0.5, 0.6) is 5.75 Å². The van der Waals surface area contributed by atoms with Gasteiger partial charge in [-0.2, -0.15) is 0 Å². The van der Waals surface area contributed by atoms with Crippen LogP contribution in [0.1, 0.15) is 40.2 Å². The quantitative estimate of drug-likeness (QED) is 0.772. The number of amides is 1. The predicted molar refractivity (Wildman–Crippen MR) is 89.6 cm³/mol.